The fraction of sp³-hybridized carbons (Fsp3) is 0.333. The Hall–Kier alpha value is -3.23. The second-order valence-electron chi connectivity index (χ2n) is 8.91. The van der Waals surface area contributed by atoms with Gasteiger partial charge in [0.2, 0.25) is 0 Å². The van der Waals surface area contributed by atoms with Crippen LogP contribution in [0.1, 0.15) is 40.2 Å². The fourth-order valence-corrected chi connectivity index (χ4v) is 5.48. The van der Waals surface area contributed by atoms with Crippen molar-refractivity contribution >= 4 is 17.5 Å². The van der Waals surface area contributed by atoms with Gasteiger partial charge in [0.25, 0.3) is 0 Å². The molecule has 0 spiro atoms. The van der Waals surface area contributed by atoms with Crippen LogP contribution in [-0.4, -0.2) is 48.6 Å². The lowest BCUT2D eigenvalue weighted by molar-refractivity contribution is 0.0957. The Balaban J connectivity index is 1.41. The third kappa shape index (κ3) is 4.81. The summed E-state index contributed by atoms with van der Waals surface area (Å²) in [5.74, 6) is 1.10. The van der Waals surface area contributed by atoms with E-state index in [2.05, 4.69) is 39.7 Å². The van der Waals surface area contributed by atoms with Crippen LogP contribution in [0.15, 0.2) is 60.0 Å². The van der Waals surface area contributed by atoms with Gasteiger partial charge in [-0.15, -0.1) is 10.2 Å². The molecule has 4 aromatic rings. The number of hydrogen-bond acceptors (Lipinski definition) is 6. The molecule has 0 saturated carbocycles. The molecule has 0 unspecified atom stereocenters. The van der Waals surface area contributed by atoms with Gasteiger partial charge in [-0.3, -0.25) is 14.3 Å². The number of nitrogens with zero attached hydrogens (tertiary/aromatic N) is 5. The van der Waals surface area contributed by atoms with E-state index in [4.69, 9.17) is 4.74 Å². The van der Waals surface area contributed by atoms with Crippen LogP contribution in [0.3, 0.4) is 0 Å². The highest BCUT2D eigenvalue weighted by atomic mass is 32.2. The lowest BCUT2D eigenvalue weighted by Gasteiger charge is -2.15. The Morgan fingerprint density at radius 2 is 1.91 bits per heavy atom. The lowest BCUT2D eigenvalue weighted by Crippen LogP contribution is -2.17. The van der Waals surface area contributed by atoms with Gasteiger partial charge >= 0.3 is 0 Å². The SMILES string of the molecule is Cc1ccccc1-n1c(SCC(=O)c2cc(C)n(C[C@H]3CCCO3)c2C)nnc1-c1ccncc1. The molecule has 7 nitrogen and oxygen atoms in total. The number of hydrogen-bond donors (Lipinski definition) is 0. The number of benzene rings is 1. The number of carbonyl (C=O) groups is 1. The fourth-order valence-electron chi connectivity index (χ4n) is 4.65. The Morgan fingerprint density at radius 1 is 1.11 bits per heavy atom. The highest BCUT2D eigenvalue weighted by Crippen LogP contribution is 2.30. The van der Waals surface area contributed by atoms with Gasteiger partial charge in [-0.2, -0.15) is 0 Å². The van der Waals surface area contributed by atoms with Crippen molar-refractivity contribution in [1.82, 2.24) is 24.3 Å². The summed E-state index contributed by atoms with van der Waals surface area (Å²) in [7, 11) is 0. The third-order valence-corrected chi connectivity index (χ3v) is 7.47. The molecule has 1 fully saturated rings. The molecular formula is C27H29N5O2S. The van der Waals surface area contributed by atoms with Crippen molar-refractivity contribution in [3.8, 4) is 17.1 Å². The minimum absolute atomic E-state index is 0.0893. The quantitative estimate of drug-likeness (QED) is 0.251. The third-order valence-electron chi connectivity index (χ3n) is 6.54. The van der Waals surface area contributed by atoms with E-state index >= 15 is 0 Å². The first-order chi connectivity index (χ1) is 17.0. The van der Waals surface area contributed by atoms with Gasteiger partial charge in [0.1, 0.15) is 0 Å². The highest BCUT2D eigenvalue weighted by Gasteiger charge is 2.23. The molecule has 3 aromatic heterocycles. The molecular weight excluding hydrogens is 458 g/mol. The van der Waals surface area contributed by atoms with Crippen molar-refractivity contribution in [2.45, 2.75) is 51.4 Å². The number of aryl methyl sites for hydroxylation is 2. The van der Waals surface area contributed by atoms with E-state index in [1.807, 2.05) is 47.9 Å². The molecule has 1 atom stereocenters. The molecule has 1 aromatic carbocycles. The van der Waals surface area contributed by atoms with Crippen LogP contribution < -0.4 is 0 Å². The molecule has 0 aliphatic carbocycles. The topological polar surface area (TPSA) is 74.8 Å². The van der Waals surface area contributed by atoms with Crippen molar-refractivity contribution in [3.05, 3.63) is 77.4 Å². The van der Waals surface area contributed by atoms with Crippen LogP contribution in [0.5, 0.6) is 0 Å². The van der Waals surface area contributed by atoms with Crippen LogP contribution in [-0.2, 0) is 11.3 Å². The summed E-state index contributed by atoms with van der Waals surface area (Å²) in [4.78, 5) is 17.4. The monoisotopic (exact) mass is 487 g/mol. The molecule has 5 rings (SSSR count). The highest BCUT2D eigenvalue weighted by molar-refractivity contribution is 7.99. The minimum atomic E-state index is 0.0893. The summed E-state index contributed by atoms with van der Waals surface area (Å²) in [5.41, 5.74) is 5.88. The van der Waals surface area contributed by atoms with Gasteiger partial charge in [-0.25, -0.2) is 0 Å². The van der Waals surface area contributed by atoms with Crippen molar-refractivity contribution in [1.29, 1.82) is 0 Å². The van der Waals surface area contributed by atoms with Crippen LogP contribution >= 0.6 is 11.8 Å². The molecule has 4 heterocycles. The molecule has 0 bridgehead atoms. The minimum Gasteiger partial charge on any atom is -0.376 e. The zero-order chi connectivity index (χ0) is 24.4. The molecule has 35 heavy (non-hydrogen) atoms. The summed E-state index contributed by atoms with van der Waals surface area (Å²) in [6, 6.07) is 14.0. The molecule has 8 heteroatoms. The first-order valence-corrected chi connectivity index (χ1v) is 12.9. The molecule has 0 N–H and O–H groups in total. The number of aromatic nitrogens is 5. The van der Waals surface area contributed by atoms with Crippen LogP contribution in [0.2, 0.25) is 0 Å². The van der Waals surface area contributed by atoms with Gasteiger partial charge in [0.15, 0.2) is 16.8 Å². The van der Waals surface area contributed by atoms with E-state index in [0.717, 1.165) is 65.6 Å². The van der Waals surface area contributed by atoms with Crippen molar-refractivity contribution in [3.63, 3.8) is 0 Å². The predicted octanol–water partition coefficient (Wildman–Crippen LogP) is 5.21. The largest absolute Gasteiger partial charge is 0.376 e. The van der Waals surface area contributed by atoms with Gasteiger partial charge in [-0.1, -0.05) is 30.0 Å². The number of ether oxygens (including phenoxy) is 1. The van der Waals surface area contributed by atoms with Gasteiger partial charge in [0, 0.05) is 48.1 Å². The van der Waals surface area contributed by atoms with E-state index in [9.17, 15) is 4.79 Å². The Bertz CT molecular complexity index is 1340. The van der Waals surface area contributed by atoms with E-state index in [-0.39, 0.29) is 17.6 Å². The van der Waals surface area contributed by atoms with Crippen molar-refractivity contribution in [2.24, 2.45) is 0 Å². The first kappa shape index (κ1) is 23.5. The number of pyridine rings is 1. The molecule has 1 aliphatic heterocycles. The Kier molecular flexibility index (Phi) is 6.83. The van der Waals surface area contributed by atoms with E-state index in [1.165, 1.54) is 11.8 Å². The maximum atomic E-state index is 13.3. The zero-order valence-corrected chi connectivity index (χ0v) is 21.1. The predicted molar refractivity (Wildman–Crippen MR) is 137 cm³/mol. The average Bonchev–Trinajstić information content (AvgIpc) is 3.60. The molecule has 1 saturated heterocycles. The molecule has 0 radical (unpaired) electrons. The van der Waals surface area contributed by atoms with Crippen molar-refractivity contribution < 1.29 is 9.53 Å². The second-order valence-corrected chi connectivity index (χ2v) is 9.85. The maximum absolute atomic E-state index is 13.3. The molecule has 180 valence electrons. The van der Waals surface area contributed by atoms with Crippen LogP contribution in [0.25, 0.3) is 17.1 Å². The maximum Gasteiger partial charge on any atom is 0.196 e. The summed E-state index contributed by atoms with van der Waals surface area (Å²) in [5, 5.41) is 9.64. The van der Waals surface area contributed by atoms with Gasteiger partial charge in [-0.05, 0) is 63.4 Å². The number of para-hydroxylation sites is 1. The summed E-state index contributed by atoms with van der Waals surface area (Å²) >= 11 is 1.42. The average molecular weight is 488 g/mol. The number of carbonyl (C=O) groups excluding carboxylic acids is 1. The summed E-state index contributed by atoms with van der Waals surface area (Å²) in [6.07, 6.45) is 5.90. The van der Waals surface area contributed by atoms with E-state index < -0.39 is 0 Å². The first-order valence-electron chi connectivity index (χ1n) is 11.9. The zero-order valence-electron chi connectivity index (χ0n) is 20.3. The van der Waals surface area contributed by atoms with Gasteiger partial charge in [0.05, 0.1) is 17.5 Å². The standard InChI is InChI=1S/C27H29N5O2S/c1-18-7-4-5-9-24(18)32-26(21-10-12-28-13-11-21)29-30-27(32)35-17-25(33)23-15-19(2)31(20(23)3)16-22-8-6-14-34-22/h4-5,7,9-13,15,22H,6,8,14,16-17H2,1-3H3/t22-/m1/s1. The molecule has 0 amide bonds. The van der Waals surface area contributed by atoms with E-state index in [0.29, 0.717) is 5.16 Å². The number of ketones is 1. The van der Waals surface area contributed by atoms with Crippen LogP contribution in [0.4, 0.5) is 0 Å². The lowest BCUT2D eigenvalue weighted by atomic mass is 10.2. The van der Waals surface area contributed by atoms with Crippen LogP contribution in [0, 0.1) is 20.8 Å². The van der Waals surface area contributed by atoms with Crippen molar-refractivity contribution in [2.75, 3.05) is 12.4 Å². The smallest absolute Gasteiger partial charge is 0.196 e. The Labute approximate surface area is 209 Å². The normalized spacial score (nSPS) is 15.6. The number of rotatable bonds is 8. The summed E-state index contributed by atoms with van der Waals surface area (Å²) < 4.78 is 10.1. The van der Waals surface area contributed by atoms with E-state index in [1.54, 1.807) is 12.4 Å². The number of Topliss-reactive ketones (excluding diaryl/α,β-unsaturated/α-hetero) is 1. The number of thioether (sulfide) groups is 1. The molecule has 1 aliphatic rings. The van der Waals surface area contributed by atoms with Gasteiger partial charge < -0.3 is 9.30 Å². The Morgan fingerprint density at radius 3 is 2.66 bits per heavy atom. The summed E-state index contributed by atoms with van der Waals surface area (Å²) in [6.45, 7) is 7.78. The second kappa shape index (κ2) is 10.2.